The zero-order chi connectivity index (χ0) is 16.2. The highest BCUT2D eigenvalue weighted by Gasteiger charge is 2.13. The fourth-order valence-corrected chi connectivity index (χ4v) is 3.03. The summed E-state index contributed by atoms with van der Waals surface area (Å²) < 4.78 is 6.07. The first kappa shape index (κ1) is 15.2. The summed E-state index contributed by atoms with van der Waals surface area (Å²) in [4.78, 5) is 28.3. The van der Waals surface area contributed by atoms with Crippen LogP contribution in [0.1, 0.15) is 16.8 Å². The lowest BCUT2D eigenvalue weighted by atomic mass is 10.1. The second-order valence-electron chi connectivity index (χ2n) is 4.87. The lowest BCUT2D eigenvalue weighted by molar-refractivity contribution is -0.115. The van der Waals surface area contributed by atoms with Crippen molar-refractivity contribution < 1.29 is 14.3 Å². The van der Waals surface area contributed by atoms with E-state index in [1.54, 1.807) is 31.4 Å². The molecule has 0 fully saturated rings. The molecular weight excluding hydrogens is 312 g/mol. The quantitative estimate of drug-likeness (QED) is 0.575. The molecule has 0 bridgehead atoms. The number of methoxy groups -OCH3 is 1. The highest BCUT2D eigenvalue weighted by Crippen LogP contribution is 2.29. The Kier molecular flexibility index (Phi) is 4.34. The molecule has 6 heteroatoms. The Labute approximate surface area is 136 Å². The van der Waals surface area contributed by atoms with Crippen LogP contribution in [0.25, 0.3) is 10.2 Å². The Morgan fingerprint density at radius 1 is 1.17 bits per heavy atom. The van der Waals surface area contributed by atoms with Crippen molar-refractivity contribution in [3.8, 4) is 5.75 Å². The van der Waals surface area contributed by atoms with E-state index >= 15 is 0 Å². The molecule has 2 aromatic carbocycles. The third kappa shape index (κ3) is 3.54. The molecule has 1 heterocycles. The summed E-state index contributed by atoms with van der Waals surface area (Å²) in [6, 6.07) is 14.3. The number of carbonyl (C=O) groups is 2. The van der Waals surface area contributed by atoms with Gasteiger partial charge < -0.3 is 10.1 Å². The number of thiazole rings is 1. The maximum absolute atomic E-state index is 12.0. The number of amides is 1. The van der Waals surface area contributed by atoms with Crippen LogP contribution in [-0.2, 0) is 4.79 Å². The fourth-order valence-electron chi connectivity index (χ4n) is 2.12. The standard InChI is InChI=1S/C17H14N2O3S/c1-22-12-7-8-13-15(9-12)23-17(18-13)19-16(21)10-14(20)11-5-3-2-4-6-11/h2-9H,10H2,1H3,(H,18,19,21). The van der Waals surface area contributed by atoms with Gasteiger partial charge in [-0.3, -0.25) is 9.59 Å². The number of Topliss-reactive ketones (excluding diaryl/α,β-unsaturated/α-hetero) is 1. The third-order valence-corrected chi connectivity index (χ3v) is 4.19. The average Bonchev–Trinajstić information content (AvgIpc) is 2.96. The van der Waals surface area contributed by atoms with E-state index in [2.05, 4.69) is 10.3 Å². The Morgan fingerprint density at radius 3 is 2.70 bits per heavy atom. The Hall–Kier alpha value is -2.73. The lowest BCUT2D eigenvalue weighted by Gasteiger charge is -2.01. The summed E-state index contributed by atoms with van der Waals surface area (Å²) in [6.07, 6.45) is -0.205. The smallest absolute Gasteiger partial charge is 0.233 e. The molecule has 0 saturated heterocycles. The number of aromatic nitrogens is 1. The fraction of sp³-hybridized carbons (Fsp3) is 0.118. The van der Waals surface area contributed by atoms with E-state index in [9.17, 15) is 9.59 Å². The Balaban J connectivity index is 1.69. The van der Waals surface area contributed by atoms with Gasteiger partial charge in [-0.2, -0.15) is 0 Å². The van der Waals surface area contributed by atoms with Gasteiger partial charge in [0.05, 0.1) is 23.7 Å². The molecule has 1 amide bonds. The predicted molar refractivity (Wildman–Crippen MR) is 90.2 cm³/mol. The van der Waals surface area contributed by atoms with Gasteiger partial charge in [0.1, 0.15) is 5.75 Å². The van der Waals surface area contributed by atoms with Gasteiger partial charge in [-0.15, -0.1) is 0 Å². The van der Waals surface area contributed by atoms with Crippen LogP contribution in [0, 0.1) is 0 Å². The van der Waals surface area contributed by atoms with E-state index < -0.39 is 0 Å². The van der Waals surface area contributed by atoms with Crippen molar-refractivity contribution in [2.45, 2.75) is 6.42 Å². The number of fused-ring (bicyclic) bond motifs is 1. The molecule has 5 nitrogen and oxygen atoms in total. The second kappa shape index (κ2) is 6.58. The van der Waals surface area contributed by atoms with Crippen molar-refractivity contribution in [1.29, 1.82) is 0 Å². The van der Waals surface area contributed by atoms with Crippen molar-refractivity contribution in [2.75, 3.05) is 12.4 Å². The lowest BCUT2D eigenvalue weighted by Crippen LogP contribution is -2.16. The maximum Gasteiger partial charge on any atom is 0.233 e. The number of anilines is 1. The van der Waals surface area contributed by atoms with Crippen molar-refractivity contribution in [1.82, 2.24) is 4.98 Å². The molecule has 0 saturated carbocycles. The minimum absolute atomic E-state index is 0.205. The van der Waals surface area contributed by atoms with Crippen LogP contribution in [0.4, 0.5) is 5.13 Å². The van der Waals surface area contributed by atoms with Gasteiger partial charge in [0.15, 0.2) is 10.9 Å². The van der Waals surface area contributed by atoms with Crippen molar-refractivity contribution in [2.24, 2.45) is 0 Å². The molecule has 1 aromatic heterocycles. The highest BCUT2D eigenvalue weighted by molar-refractivity contribution is 7.22. The average molecular weight is 326 g/mol. The number of benzene rings is 2. The minimum Gasteiger partial charge on any atom is -0.497 e. The highest BCUT2D eigenvalue weighted by atomic mass is 32.1. The largest absolute Gasteiger partial charge is 0.497 e. The number of rotatable bonds is 5. The van der Waals surface area contributed by atoms with E-state index in [1.165, 1.54) is 11.3 Å². The van der Waals surface area contributed by atoms with Crippen molar-refractivity contribution in [3.63, 3.8) is 0 Å². The van der Waals surface area contributed by atoms with Gasteiger partial charge in [0, 0.05) is 5.56 Å². The van der Waals surface area contributed by atoms with Crippen molar-refractivity contribution >= 4 is 38.4 Å². The number of hydrogen-bond acceptors (Lipinski definition) is 5. The number of nitrogens with zero attached hydrogens (tertiary/aromatic N) is 1. The number of ether oxygens (including phenoxy) is 1. The Morgan fingerprint density at radius 2 is 1.96 bits per heavy atom. The normalized spacial score (nSPS) is 10.5. The molecular formula is C17H14N2O3S. The molecule has 0 spiro atoms. The van der Waals surface area contributed by atoms with Crippen LogP contribution in [0.2, 0.25) is 0 Å². The van der Waals surface area contributed by atoms with Crippen LogP contribution in [0.3, 0.4) is 0 Å². The SMILES string of the molecule is COc1ccc2nc(NC(=O)CC(=O)c3ccccc3)sc2c1. The van der Waals surface area contributed by atoms with E-state index in [1.807, 2.05) is 24.3 Å². The minimum atomic E-state index is -0.370. The number of hydrogen-bond donors (Lipinski definition) is 1. The number of nitrogens with one attached hydrogen (secondary N) is 1. The molecule has 116 valence electrons. The van der Waals surface area contributed by atoms with Gasteiger partial charge in [0.25, 0.3) is 0 Å². The first-order valence-corrected chi connectivity index (χ1v) is 7.80. The first-order chi connectivity index (χ1) is 11.2. The number of carbonyl (C=O) groups excluding carboxylic acids is 2. The molecule has 3 rings (SSSR count). The van der Waals surface area contributed by atoms with E-state index in [0.717, 1.165) is 16.0 Å². The van der Waals surface area contributed by atoms with Gasteiger partial charge in [-0.25, -0.2) is 4.98 Å². The Bertz CT molecular complexity index is 859. The van der Waals surface area contributed by atoms with Gasteiger partial charge in [-0.1, -0.05) is 41.7 Å². The van der Waals surface area contributed by atoms with Gasteiger partial charge >= 0.3 is 0 Å². The molecule has 0 atom stereocenters. The molecule has 0 radical (unpaired) electrons. The summed E-state index contributed by atoms with van der Waals surface area (Å²) >= 11 is 1.34. The molecule has 0 aliphatic carbocycles. The maximum atomic E-state index is 12.0. The summed E-state index contributed by atoms with van der Waals surface area (Å²) in [5.41, 5.74) is 1.30. The van der Waals surface area contributed by atoms with E-state index in [0.29, 0.717) is 10.7 Å². The van der Waals surface area contributed by atoms with Crippen LogP contribution in [-0.4, -0.2) is 23.8 Å². The molecule has 0 unspecified atom stereocenters. The first-order valence-electron chi connectivity index (χ1n) is 6.98. The summed E-state index contributed by atoms with van der Waals surface area (Å²) in [7, 11) is 1.60. The van der Waals surface area contributed by atoms with Crippen LogP contribution in [0.5, 0.6) is 5.75 Å². The van der Waals surface area contributed by atoms with Crippen LogP contribution >= 0.6 is 11.3 Å². The molecule has 1 N–H and O–H groups in total. The zero-order valence-corrected chi connectivity index (χ0v) is 13.2. The second-order valence-corrected chi connectivity index (χ2v) is 5.90. The monoisotopic (exact) mass is 326 g/mol. The van der Waals surface area contributed by atoms with Gasteiger partial charge in [0.2, 0.25) is 5.91 Å². The van der Waals surface area contributed by atoms with Crippen LogP contribution < -0.4 is 10.1 Å². The molecule has 23 heavy (non-hydrogen) atoms. The van der Waals surface area contributed by atoms with Gasteiger partial charge in [-0.05, 0) is 18.2 Å². The zero-order valence-electron chi connectivity index (χ0n) is 12.4. The number of ketones is 1. The molecule has 0 aliphatic heterocycles. The third-order valence-electron chi connectivity index (χ3n) is 3.26. The predicted octanol–water partition coefficient (Wildman–Crippen LogP) is 3.52. The molecule has 0 aliphatic rings. The van der Waals surface area contributed by atoms with Crippen molar-refractivity contribution in [3.05, 3.63) is 54.1 Å². The summed E-state index contributed by atoms with van der Waals surface area (Å²) in [6.45, 7) is 0. The van der Waals surface area contributed by atoms with E-state index in [4.69, 9.17) is 4.74 Å². The molecule has 3 aromatic rings. The van der Waals surface area contributed by atoms with E-state index in [-0.39, 0.29) is 18.1 Å². The topological polar surface area (TPSA) is 68.3 Å². The summed E-state index contributed by atoms with van der Waals surface area (Å²) in [5, 5.41) is 3.15. The summed E-state index contributed by atoms with van der Waals surface area (Å²) in [5.74, 6) is 0.147. The van der Waals surface area contributed by atoms with Crippen LogP contribution in [0.15, 0.2) is 48.5 Å².